The van der Waals surface area contributed by atoms with Gasteiger partial charge in [0, 0.05) is 48.8 Å². The molecule has 3 aromatic rings. The molecule has 1 atom stereocenters. The highest BCUT2D eigenvalue weighted by Crippen LogP contribution is 2.39. The lowest BCUT2D eigenvalue weighted by Crippen LogP contribution is -2.56. The van der Waals surface area contributed by atoms with Crippen molar-refractivity contribution in [3.05, 3.63) is 83.6 Å². The highest BCUT2D eigenvalue weighted by molar-refractivity contribution is 7.90. The van der Waals surface area contributed by atoms with E-state index in [1.165, 1.54) is 6.26 Å². The van der Waals surface area contributed by atoms with Crippen LogP contribution in [0.15, 0.2) is 71.8 Å². The van der Waals surface area contributed by atoms with Gasteiger partial charge >= 0.3 is 0 Å². The number of nitrogen functional groups attached to an aromatic ring is 1. The highest BCUT2D eigenvalue weighted by atomic mass is 32.2. The molecule has 0 saturated carbocycles. The zero-order valence-corrected chi connectivity index (χ0v) is 24.9. The molecular formula is C32H40N4O4S. The van der Waals surface area contributed by atoms with Gasteiger partial charge in [0.1, 0.15) is 6.10 Å². The largest absolute Gasteiger partial charge is 0.469 e. The van der Waals surface area contributed by atoms with Crippen molar-refractivity contribution in [3.8, 4) is 5.88 Å². The van der Waals surface area contributed by atoms with Crippen LogP contribution >= 0.6 is 0 Å². The van der Waals surface area contributed by atoms with Gasteiger partial charge in [-0.2, -0.15) is 0 Å². The van der Waals surface area contributed by atoms with E-state index in [0.717, 1.165) is 49.9 Å². The van der Waals surface area contributed by atoms with Crippen LogP contribution in [0.4, 0.5) is 5.69 Å². The topological polar surface area (TPSA) is 106 Å². The van der Waals surface area contributed by atoms with Crippen molar-refractivity contribution >= 4 is 21.4 Å². The molecule has 8 nitrogen and oxygen atoms in total. The van der Waals surface area contributed by atoms with E-state index >= 15 is 0 Å². The van der Waals surface area contributed by atoms with Crippen LogP contribution in [0.3, 0.4) is 0 Å². The first-order chi connectivity index (χ1) is 19.5. The fourth-order valence-electron chi connectivity index (χ4n) is 6.28. The highest BCUT2D eigenvalue weighted by Gasteiger charge is 2.40. The van der Waals surface area contributed by atoms with E-state index in [1.54, 1.807) is 24.4 Å². The molecule has 0 bridgehead atoms. The maximum Gasteiger partial charge on any atom is 0.256 e. The summed E-state index contributed by atoms with van der Waals surface area (Å²) in [4.78, 5) is 22.5. The lowest BCUT2D eigenvalue weighted by atomic mass is 9.82. The lowest BCUT2D eigenvalue weighted by Gasteiger charge is -2.50. The fraction of sp³-hybridized carbons (Fsp3) is 0.438. The molecule has 1 aromatic heterocycles. The molecule has 41 heavy (non-hydrogen) atoms. The van der Waals surface area contributed by atoms with Crippen LogP contribution in [0.1, 0.15) is 60.2 Å². The number of hydrogen-bond acceptors (Lipinski definition) is 7. The molecule has 5 rings (SSSR count). The summed E-state index contributed by atoms with van der Waals surface area (Å²) >= 11 is 0. The first-order valence-electron chi connectivity index (χ1n) is 14.3. The Balaban J connectivity index is 1.25. The van der Waals surface area contributed by atoms with Gasteiger partial charge in [-0.1, -0.05) is 30.3 Å². The van der Waals surface area contributed by atoms with E-state index in [4.69, 9.17) is 10.5 Å². The normalized spacial score (nSPS) is 19.0. The summed E-state index contributed by atoms with van der Waals surface area (Å²) in [6.45, 7) is 7.55. The number of rotatable bonds is 7. The van der Waals surface area contributed by atoms with Crippen LogP contribution in [0, 0.1) is 12.8 Å². The van der Waals surface area contributed by atoms with E-state index < -0.39 is 9.84 Å². The predicted molar refractivity (Wildman–Crippen MR) is 161 cm³/mol. The summed E-state index contributed by atoms with van der Waals surface area (Å²) in [7, 11) is -3.28. The minimum atomic E-state index is -3.28. The molecule has 0 aliphatic carbocycles. The van der Waals surface area contributed by atoms with Gasteiger partial charge in [0.15, 0.2) is 9.84 Å². The Hall–Kier alpha value is -3.43. The first kappa shape index (κ1) is 29.1. The summed E-state index contributed by atoms with van der Waals surface area (Å²) in [5.41, 5.74) is 9.21. The number of ether oxygens (including phenoxy) is 1. The number of carbonyl (C=O) groups excluding carboxylic acids is 1. The number of amides is 1. The van der Waals surface area contributed by atoms with E-state index in [1.807, 2.05) is 54.3 Å². The molecule has 1 amide bonds. The molecule has 218 valence electrons. The summed E-state index contributed by atoms with van der Waals surface area (Å²) < 4.78 is 30.5. The monoisotopic (exact) mass is 576 g/mol. The average molecular weight is 577 g/mol. The second kappa shape index (κ2) is 11.8. The van der Waals surface area contributed by atoms with E-state index in [0.29, 0.717) is 35.1 Å². The number of sulfone groups is 1. The predicted octanol–water partition coefficient (Wildman–Crippen LogP) is 4.90. The van der Waals surface area contributed by atoms with Crippen molar-refractivity contribution in [2.45, 2.75) is 56.1 Å². The first-order valence-corrected chi connectivity index (χ1v) is 16.2. The SMILES string of the molecule is Cc1cccc(N)c1C(=O)N1CCC(C)(N2CCC(C(Oc3ccccn3)c3ccc(S(C)(=O)=O)cc3)CC2)CC1. The summed E-state index contributed by atoms with van der Waals surface area (Å²) in [6.07, 6.45) is 6.43. The molecule has 0 spiro atoms. The van der Waals surface area contributed by atoms with Crippen molar-refractivity contribution in [2.75, 3.05) is 38.2 Å². The van der Waals surface area contributed by atoms with Crippen molar-refractivity contribution < 1.29 is 17.9 Å². The molecular weight excluding hydrogens is 536 g/mol. The molecule has 2 fully saturated rings. The van der Waals surface area contributed by atoms with Gasteiger partial charge in [-0.15, -0.1) is 0 Å². The number of anilines is 1. The minimum absolute atomic E-state index is 0.0213. The Bertz CT molecular complexity index is 1440. The molecule has 2 saturated heterocycles. The number of piperidine rings is 2. The number of nitrogens with two attached hydrogens (primary N) is 1. The number of aryl methyl sites for hydroxylation is 1. The number of hydrogen-bond donors (Lipinski definition) is 1. The molecule has 0 radical (unpaired) electrons. The molecule has 2 aliphatic heterocycles. The standard InChI is InChI=1S/C32H40N4O4S/c1-23-7-6-8-27(33)29(23)31(37)35-21-16-32(2,17-22-35)36-19-14-25(15-20-36)30(40-28-9-4-5-18-34-28)24-10-12-26(13-11-24)41(3,38)39/h4-13,18,25,30H,14-17,19-22,33H2,1-3H3. The van der Waals surface area contributed by atoms with E-state index in [-0.39, 0.29) is 23.5 Å². The van der Waals surface area contributed by atoms with E-state index in [2.05, 4.69) is 16.8 Å². The molecule has 1 unspecified atom stereocenters. The Morgan fingerprint density at radius 3 is 2.27 bits per heavy atom. The maximum atomic E-state index is 13.3. The summed E-state index contributed by atoms with van der Waals surface area (Å²) in [6, 6.07) is 18.3. The van der Waals surface area contributed by atoms with Crippen LogP contribution in [-0.2, 0) is 9.84 Å². The maximum absolute atomic E-state index is 13.3. The van der Waals surface area contributed by atoms with Crippen LogP contribution < -0.4 is 10.5 Å². The third-order valence-corrected chi connectivity index (χ3v) is 10.0. The molecule has 2 aliphatic rings. The second-order valence-electron chi connectivity index (χ2n) is 11.7. The van der Waals surface area contributed by atoms with Crippen LogP contribution in [0.2, 0.25) is 0 Å². The molecule has 3 heterocycles. The quantitative estimate of drug-likeness (QED) is 0.399. The van der Waals surface area contributed by atoms with Gasteiger partial charge in [0.2, 0.25) is 5.88 Å². The number of likely N-dealkylation sites (tertiary alicyclic amines) is 2. The zero-order valence-electron chi connectivity index (χ0n) is 24.1. The number of aromatic nitrogens is 1. The third-order valence-electron chi connectivity index (χ3n) is 8.90. The zero-order chi connectivity index (χ0) is 29.2. The van der Waals surface area contributed by atoms with Gasteiger partial charge in [0.05, 0.1) is 10.5 Å². The van der Waals surface area contributed by atoms with Gasteiger partial charge in [0.25, 0.3) is 5.91 Å². The van der Waals surface area contributed by atoms with Gasteiger partial charge in [-0.25, -0.2) is 13.4 Å². The Morgan fingerprint density at radius 2 is 1.68 bits per heavy atom. The van der Waals surface area contributed by atoms with Crippen molar-refractivity contribution in [1.29, 1.82) is 0 Å². The van der Waals surface area contributed by atoms with Gasteiger partial charge in [-0.05, 0) is 88.0 Å². The van der Waals surface area contributed by atoms with Crippen LogP contribution in [-0.4, -0.2) is 67.1 Å². The van der Waals surface area contributed by atoms with Crippen molar-refractivity contribution in [2.24, 2.45) is 5.92 Å². The average Bonchev–Trinajstić information content (AvgIpc) is 2.96. The van der Waals surface area contributed by atoms with Crippen molar-refractivity contribution in [1.82, 2.24) is 14.8 Å². The van der Waals surface area contributed by atoms with Gasteiger partial charge in [-0.3, -0.25) is 9.69 Å². The van der Waals surface area contributed by atoms with Crippen molar-refractivity contribution in [3.63, 3.8) is 0 Å². The number of benzene rings is 2. The minimum Gasteiger partial charge on any atom is -0.469 e. The van der Waals surface area contributed by atoms with Crippen LogP contribution in [0.25, 0.3) is 0 Å². The Kier molecular flexibility index (Phi) is 8.38. The fourth-order valence-corrected chi connectivity index (χ4v) is 6.91. The second-order valence-corrected chi connectivity index (χ2v) is 13.7. The Labute approximate surface area is 243 Å². The molecule has 9 heteroatoms. The number of carbonyl (C=O) groups is 1. The molecule has 2 N–H and O–H groups in total. The summed E-state index contributed by atoms with van der Waals surface area (Å²) in [5, 5.41) is 0. The smallest absolute Gasteiger partial charge is 0.256 e. The summed E-state index contributed by atoms with van der Waals surface area (Å²) in [5.74, 6) is 0.842. The number of nitrogens with zero attached hydrogens (tertiary/aromatic N) is 3. The molecule has 2 aromatic carbocycles. The van der Waals surface area contributed by atoms with Gasteiger partial charge < -0.3 is 15.4 Å². The van der Waals surface area contributed by atoms with E-state index in [9.17, 15) is 13.2 Å². The Morgan fingerprint density at radius 1 is 1.00 bits per heavy atom. The van der Waals surface area contributed by atoms with Crippen LogP contribution in [0.5, 0.6) is 5.88 Å². The third kappa shape index (κ3) is 6.41. The lowest BCUT2D eigenvalue weighted by molar-refractivity contribution is -0.00611. The number of pyridine rings is 1.